The lowest BCUT2D eigenvalue weighted by molar-refractivity contribution is 0.438. The zero-order valence-electron chi connectivity index (χ0n) is 22.9. The van der Waals surface area contributed by atoms with Crippen molar-refractivity contribution >= 4 is 40.3 Å². The van der Waals surface area contributed by atoms with Gasteiger partial charge in [0.15, 0.2) is 5.11 Å². The molecule has 0 amide bonds. The molecule has 2 aromatic carbocycles. The third-order valence-corrected chi connectivity index (χ3v) is 8.92. The maximum Gasteiger partial charge on any atom is 0.174 e. The Hall–Kier alpha value is -3.42. The van der Waals surface area contributed by atoms with Crippen LogP contribution in [0.4, 0.5) is 15.8 Å². The first kappa shape index (κ1) is 26.8. The number of hydrogen-bond acceptors (Lipinski definition) is 3. The minimum atomic E-state index is -0.252. The quantitative estimate of drug-likeness (QED) is 0.248. The fourth-order valence-corrected chi connectivity index (χ4v) is 6.82. The average molecular weight is 574 g/mol. The van der Waals surface area contributed by atoms with E-state index in [4.69, 9.17) is 28.8 Å². The number of pyridine rings is 1. The van der Waals surface area contributed by atoms with Gasteiger partial charge in [-0.1, -0.05) is 24.6 Å². The van der Waals surface area contributed by atoms with Crippen molar-refractivity contribution in [2.45, 2.75) is 45.7 Å². The van der Waals surface area contributed by atoms with Gasteiger partial charge < -0.3 is 19.7 Å². The molecule has 0 saturated carbocycles. The molecule has 0 spiro atoms. The zero-order chi connectivity index (χ0) is 28.0. The fraction of sp³-hybridized carbons (Fsp3) is 0.312. The fourth-order valence-electron chi connectivity index (χ4n) is 6.18. The molecule has 206 valence electrons. The molecular weight excluding hydrogens is 541 g/mol. The van der Waals surface area contributed by atoms with E-state index in [2.05, 4.69) is 58.7 Å². The van der Waals surface area contributed by atoms with E-state index in [1.54, 1.807) is 0 Å². The predicted octanol–water partition coefficient (Wildman–Crippen LogP) is 7.70. The van der Waals surface area contributed by atoms with E-state index in [1.165, 1.54) is 25.0 Å². The Morgan fingerprint density at radius 1 is 0.975 bits per heavy atom. The molecule has 8 heteroatoms. The average Bonchev–Trinajstić information content (AvgIpc) is 3.45. The molecule has 1 N–H and O–H groups in total. The highest BCUT2D eigenvalue weighted by atomic mass is 35.5. The molecule has 2 atom stereocenters. The summed E-state index contributed by atoms with van der Waals surface area (Å²) < 4.78 is 15.9. The van der Waals surface area contributed by atoms with Gasteiger partial charge >= 0.3 is 0 Å². The lowest BCUT2D eigenvalue weighted by atomic mass is 9.96. The SMILES string of the molecule is Cc1cc([C@@H]2[C@@H](c3ccccn3)NC(=S)N2c2ccc(N3CCC(C)CC3)c(Cl)c2)c(C)n1-c1ccc(F)cc1. The highest BCUT2D eigenvalue weighted by molar-refractivity contribution is 7.80. The van der Waals surface area contributed by atoms with Crippen LogP contribution in [0.15, 0.2) is 72.9 Å². The van der Waals surface area contributed by atoms with E-state index < -0.39 is 0 Å². The van der Waals surface area contributed by atoms with Gasteiger partial charge in [-0.2, -0.15) is 0 Å². The first-order valence-electron chi connectivity index (χ1n) is 13.8. The van der Waals surface area contributed by atoms with Crippen molar-refractivity contribution in [1.29, 1.82) is 0 Å². The van der Waals surface area contributed by atoms with Crippen LogP contribution in [0, 0.1) is 25.6 Å². The number of thiocarbonyl (C=S) groups is 1. The topological polar surface area (TPSA) is 36.3 Å². The molecule has 4 aromatic rings. The van der Waals surface area contributed by atoms with Crippen molar-refractivity contribution in [3.05, 3.63) is 106 Å². The molecule has 0 aliphatic carbocycles. The van der Waals surface area contributed by atoms with E-state index in [0.29, 0.717) is 5.11 Å². The van der Waals surface area contributed by atoms with Crippen molar-refractivity contribution in [1.82, 2.24) is 14.9 Å². The zero-order valence-corrected chi connectivity index (χ0v) is 24.5. The van der Waals surface area contributed by atoms with Gasteiger partial charge in [0.25, 0.3) is 0 Å². The van der Waals surface area contributed by atoms with Crippen molar-refractivity contribution in [3.8, 4) is 5.69 Å². The van der Waals surface area contributed by atoms with Gasteiger partial charge in [0, 0.05) is 42.0 Å². The molecule has 0 unspecified atom stereocenters. The lowest BCUT2D eigenvalue weighted by Crippen LogP contribution is -2.33. The van der Waals surface area contributed by atoms with Gasteiger partial charge in [0.1, 0.15) is 5.82 Å². The molecule has 4 heterocycles. The largest absolute Gasteiger partial charge is 0.370 e. The van der Waals surface area contributed by atoms with Crippen LogP contribution >= 0.6 is 23.8 Å². The maximum atomic E-state index is 13.7. The molecule has 6 rings (SSSR count). The predicted molar refractivity (Wildman–Crippen MR) is 165 cm³/mol. The second kappa shape index (κ2) is 10.9. The summed E-state index contributed by atoms with van der Waals surface area (Å²) in [5.41, 5.74) is 7.08. The van der Waals surface area contributed by atoms with Gasteiger partial charge in [0.05, 0.1) is 28.5 Å². The van der Waals surface area contributed by atoms with Gasteiger partial charge in [-0.15, -0.1) is 0 Å². The summed E-state index contributed by atoms with van der Waals surface area (Å²) >= 11 is 12.9. The second-order valence-electron chi connectivity index (χ2n) is 10.9. The number of nitrogens with one attached hydrogen (secondary N) is 1. The summed E-state index contributed by atoms with van der Waals surface area (Å²) in [4.78, 5) is 9.25. The molecule has 2 saturated heterocycles. The monoisotopic (exact) mass is 573 g/mol. The van der Waals surface area contributed by atoms with E-state index >= 15 is 0 Å². The van der Waals surface area contributed by atoms with Crippen LogP contribution in [-0.4, -0.2) is 27.8 Å². The van der Waals surface area contributed by atoms with E-state index in [1.807, 2.05) is 42.6 Å². The third-order valence-electron chi connectivity index (χ3n) is 8.31. The van der Waals surface area contributed by atoms with Gasteiger partial charge in [-0.05, 0) is 111 Å². The maximum absolute atomic E-state index is 13.7. The van der Waals surface area contributed by atoms with Crippen LogP contribution in [-0.2, 0) is 0 Å². The number of rotatable bonds is 5. The van der Waals surface area contributed by atoms with Crippen LogP contribution < -0.4 is 15.1 Å². The molecule has 0 bridgehead atoms. The number of piperidine rings is 1. The first-order chi connectivity index (χ1) is 19.3. The number of aryl methyl sites for hydroxylation is 1. The van der Waals surface area contributed by atoms with Crippen molar-refractivity contribution in [2.24, 2.45) is 5.92 Å². The number of halogens is 2. The minimum absolute atomic E-state index is 0.166. The van der Waals surface area contributed by atoms with Crippen molar-refractivity contribution < 1.29 is 4.39 Å². The Labute approximate surface area is 245 Å². The van der Waals surface area contributed by atoms with Crippen LogP contribution in [0.25, 0.3) is 5.69 Å². The molecule has 2 fully saturated rings. The van der Waals surface area contributed by atoms with Gasteiger partial charge in [0.2, 0.25) is 0 Å². The number of nitrogens with zero attached hydrogens (tertiary/aromatic N) is 4. The summed E-state index contributed by atoms with van der Waals surface area (Å²) in [5, 5.41) is 4.91. The van der Waals surface area contributed by atoms with Crippen molar-refractivity contribution in [3.63, 3.8) is 0 Å². The highest BCUT2D eigenvalue weighted by Gasteiger charge is 2.42. The molecule has 2 aliphatic rings. The molecule has 0 radical (unpaired) electrons. The Morgan fingerprint density at radius 2 is 1.70 bits per heavy atom. The summed E-state index contributed by atoms with van der Waals surface area (Å²) in [6.07, 6.45) is 4.16. The van der Waals surface area contributed by atoms with E-state index in [9.17, 15) is 4.39 Å². The summed E-state index contributed by atoms with van der Waals surface area (Å²) in [5.74, 6) is 0.498. The van der Waals surface area contributed by atoms with Gasteiger partial charge in [-0.3, -0.25) is 4.98 Å². The molecule has 2 aromatic heterocycles. The Bertz CT molecular complexity index is 1530. The smallest absolute Gasteiger partial charge is 0.174 e. The summed E-state index contributed by atoms with van der Waals surface area (Å²) in [6.45, 7) is 8.53. The van der Waals surface area contributed by atoms with Crippen LogP contribution in [0.2, 0.25) is 5.02 Å². The molecule has 5 nitrogen and oxygen atoms in total. The van der Waals surface area contributed by atoms with Crippen LogP contribution in [0.5, 0.6) is 0 Å². The number of benzene rings is 2. The summed E-state index contributed by atoms with van der Waals surface area (Å²) in [7, 11) is 0. The summed E-state index contributed by atoms with van der Waals surface area (Å²) in [6, 6.07) is 20.7. The van der Waals surface area contributed by atoms with Crippen LogP contribution in [0.3, 0.4) is 0 Å². The first-order valence-corrected chi connectivity index (χ1v) is 14.6. The number of anilines is 2. The lowest BCUT2D eigenvalue weighted by Gasteiger charge is -2.33. The minimum Gasteiger partial charge on any atom is -0.370 e. The molecule has 2 aliphatic heterocycles. The van der Waals surface area contributed by atoms with Crippen molar-refractivity contribution in [2.75, 3.05) is 22.9 Å². The standard InChI is InChI=1S/C32H33ClFN5S/c1-20-13-16-37(17-14-20)29-12-11-25(19-27(29)33)39-31(30(36-32(39)40)28-6-4-5-15-35-28)26-18-21(2)38(22(26)3)24-9-7-23(34)8-10-24/h4-12,15,18-20,30-31H,13-14,16-17H2,1-3H3,(H,36,40)/t30-,31-/m1/s1. The Balaban J connectivity index is 1.43. The Morgan fingerprint density at radius 3 is 2.38 bits per heavy atom. The highest BCUT2D eigenvalue weighted by Crippen LogP contribution is 2.45. The second-order valence-corrected chi connectivity index (χ2v) is 11.7. The van der Waals surface area contributed by atoms with Crippen LogP contribution in [0.1, 0.15) is 54.5 Å². The third kappa shape index (κ3) is 4.86. The normalized spacial score (nSPS) is 19.8. The molecular formula is C32H33ClFN5S. The number of hydrogen-bond donors (Lipinski definition) is 1. The van der Waals surface area contributed by atoms with E-state index in [-0.39, 0.29) is 17.9 Å². The Kier molecular flexibility index (Phi) is 7.27. The van der Waals surface area contributed by atoms with E-state index in [0.717, 1.165) is 63.7 Å². The molecule has 40 heavy (non-hydrogen) atoms. The van der Waals surface area contributed by atoms with Gasteiger partial charge in [-0.25, -0.2) is 4.39 Å². The number of aromatic nitrogens is 2.